The number of rotatable bonds is 3. The summed E-state index contributed by atoms with van der Waals surface area (Å²) >= 11 is 3.34. The minimum absolute atomic E-state index is 0.950. The van der Waals surface area contributed by atoms with E-state index in [1.807, 2.05) is 0 Å². The molecule has 0 spiro atoms. The van der Waals surface area contributed by atoms with Gasteiger partial charge in [0.25, 0.3) is 0 Å². The van der Waals surface area contributed by atoms with Crippen LogP contribution in [0, 0.1) is 23.7 Å². The van der Waals surface area contributed by atoms with E-state index in [0.29, 0.717) is 0 Å². The average molecular weight is 213 g/mol. The zero-order valence-corrected chi connectivity index (χ0v) is 8.50. The SMILES string of the molecule is CCCC#CC#CCCCBr. The van der Waals surface area contributed by atoms with Crippen molar-refractivity contribution in [1.29, 1.82) is 0 Å². The molecule has 0 saturated carbocycles. The van der Waals surface area contributed by atoms with Crippen LogP contribution in [0.3, 0.4) is 0 Å². The van der Waals surface area contributed by atoms with Gasteiger partial charge in [0.05, 0.1) is 0 Å². The summed E-state index contributed by atoms with van der Waals surface area (Å²) < 4.78 is 0. The first kappa shape index (κ1) is 10.6. The molecule has 0 aromatic rings. The molecule has 0 aliphatic carbocycles. The van der Waals surface area contributed by atoms with Gasteiger partial charge in [-0.25, -0.2) is 0 Å². The summed E-state index contributed by atoms with van der Waals surface area (Å²) in [6.45, 7) is 2.12. The van der Waals surface area contributed by atoms with E-state index in [2.05, 4.69) is 46.5 Å². The highest BCUT2D eigenvalue weighted by Crippen LogP contribution is 1.90. The molecule has 0 aliphatic rings. The van der Waals surface area contributed by atoms with Crippen molar-refractivity contribution in [1.82, 2.24) is 0 Å². The summed E-state index contributed by atoms with van der Waals surface area (Å²) in [6.07, 6.45) is 4.15. The van der Waals surface area contributed by atoms with E-state index in [4.69, 9.17) is 0 Å². The molecule has 0 N–H and O–H groups in total. The van der Waals surface area contributed by atoms with Crippen molar-refractivity contribution in [2.24, 2.45) is 0 Å². The lowest BCUT2D eigenvalue weighted by molar-refractivity contribution is 0.983. The first-order valence-electron chi connectivity index (χ1n) is 3.93. The minimum Gasteiger partial charge on any atom is -0.0928 e. The number of alkyl halides is 1. The van der Waals surface area contributed by atoms with Crippen molar-refractivity contribution in [3.63, 3.8) is 0 Å². The van der Waals surface area contributed by atoms with Crippen LogP contribution in [-0.2, 0) is 0 Å². The van der Waals surface area contributed by atoms with Crippen LogP contribution in [-0.4, -0.2) is 5.33 Å². The second-order valence-corrected chi connectivity index (χ2v) is 2.94. The first-order valence-corrected chi connectivity index (χ1v) is 5.05. The van der Waals surface area contributed by atoms with Crippen molar-refractivity contribution in [2.45, 2.75) is 32.6 Å². The quantitative estimate of drug-likeness (QED) is 0.384. The van der Waals surface area contributed by atoms with E-state index in [9.17, 15) is 0 Å². The Morgan fingerprint density at radius 1 is 1.09 bits per heavy atom. The Hall–Kier alpha value is -0.400. The normalized spacial score (nSPS) is 7.45. The molecular weight excluding hydrogens is 200 g/mol. The van der Waals surface area contributed by atoms with Crippen LogP contribution in [0.15, 0.2) is 0 Å². The molecule has 0 aromatic carbocycles. The Balaban J connectivity index is 3.33. The van der Waals surface area contributed by atoms with Crippen LogP contribution in [0.5, 0.6) is 0 Å². The van der Waals surface area contributed by atoms with E-state index in [-0.39, 0.29) is 0 Å². The summed E-state index contributed by atoms with van der Waals surface area (Å²) in [5.74, 6) is 11.6. The molecule has 0 radical (unpaired) electrons. The van der Waals surface area contributed by atoms with Crippen LogP contribution in [0.1, 0.15) is 32.6 Å². The Morgan fingerprint density at radius 3 is 2.27 bits per heavy atom. The molecule has 0 atom stereocenters. The summed E-state index contributed by atoms with van der Waals surface area (Å²) in [7, 11) is 0. The highest BCUT2D eigenvalue weighted by atomic mass is 79.9. The highest BCUT2D eigenvalue weighted by molar-refractivity contribution is 9.09. The van der Waals surface area contributed by atoms with Crippen LogP contribution < -0.4 is 0 Å². The van der Waals surface area contributed by atoms with Gasteiger partial charge in [0.2, 0.25) is 0 Å². The van der Waals surface area contributed by atoms with Gasteiger partial charge >= 0.3 is 0 Å². The van der Waals surface area contributed by atoms with Crippen molar-refractivity contribution >= 4 is 15.9 Å². The molecule has 0 aliphatic heterocycles. The molecular formula is C10H13Br. The molecule has 0 amide bonds. The van der Waals surface area contributed by atoms with Gasteiger partial charge in [-0.2, -0.15) is 0 Å². The molecule has 60 valence electrons. The fourth-order valence-corrected chi connectivity index (χ4v) is 0.774. The van der Waals surface area contributed by atoms with E-state index in [0.717, 1.165) is 31.0 Å². The van der Waals surface area contributed by atoms with Crippen LogP contribution in [0.4, 0.5) is 0 Å². The lowest BCUT2D eigenvalue weighted by Crippen LogP contribution is -1.69. The molecule has 11 heavy (non-hydrogen) atoms. The molecule has 0 heterocycles. The van der Waals surface area contributed by atoms with E-state index in [1.54, 1.807) is 0 Å². The second kappa shape index (κ2) is 9.60. The number of halogens is 1. The maximum atomic E-state index is 3.34. The topological polar surface area (TPSA) is 0 Å². The van der Waals surface area contributed by atoms with Gasteiger partial charge in [0.15, 0.2) is 0 Å². The smallest absolute Gasteiger partial charge is 0.0107 e. The van der Waals surface area contributed by atoms with Crippen LogP contribution in [0.25, 0.3) is 0 Å². The molecule has 0 nitrogen and oxygen atoms in total. The Morgan fingerprint density at radius 2 is 1.73 bits per heavy atom. The maximum absolute atomic E-state index is 3.34. The van der Waals surface area contributed by atoms with Gasteiger partial charge in [-0.3, -0.25) is 0 Å². The van der Waals surface area contributed by atoms with Crippen molar-refractivity contribution in [2.75, 3.05) is 5.33 Å². The maximum Gasteiger partial charge on any atom is 0.0107 e. The number of unbranched alkanes of at least 4 members (excludes halogenated alkanes) is 2. The van der Waals surface area contributed by atoms with E-state index >= 15 is 0 Å². The third-order valence-corrected chi connectivity index (χ3v) is 1.61. The third-order valence-electron chi connectivity index (χ3n) is 1.05. The predicted octanol–water partition coefficient (Wildman–Crippen LogP) is 2.97. The van der Waals surface area contributed by atoms with Crippen LogP contribution in [0.2, 0.25) is 0 Å². The summed E-state index contributed by atoms with van der Waals surface area (Å²) in [4.78, 5) is 0. The zero-order chi connectivity index (χ0) is 8.36. The second-order valence-electron chi connectivity index (χ2n) is 2.15. The lowest BCUT2D eigenvalue weighted by atomic mass is 10.3. The molecule has 0 unspecified atom stereocenters. The summed E-state index contributed by atoms with van der Waals surface area (Å²) in [5.41, 5.74) is 0. The fourth-order valence-electron chi connectivity index (χ4n) is 0.494. The molecule has 1 heteroatoms. The minimum atomic E-state index is 0.950. The van der Waals surface area contributed by atoms with Gasteiger partial charge in [-0.05, 0) is 24.7 Å². The van der Waals surface area contributed by atoms with Crippen molar-refractivity contribution in [3.05, 3.63) is 0 Å². The van der Waals surface area contributed by atoms with Crippen molar-refractivity contribution in [3.8, 4) is 23.7 Å². The number of hydrogen-bond acceptors (Lipinski definition) is 0. The zero-order valence-electron chi connectivity index (χ0n) is 6.91. The van der Waals surface area contributed by atoms with Gasteiger partial charge in [0, 0.05) is 18.2 Å². The Bertz CT molecular complexity index is 184. The molecule has 0 bridgehead atoms. The van der Waals surface area contributed by atoms with E-state index < -0.39 is 0 Å². The summed E-state index contributed by atoms with van der Waals surface area (Å²) in [5, 5.41) is 1.03. The monoisotopic (exact) mass is 212 g/mol. The van der Waals surface area contributed by atoms with Crippen LogP contribution >= 0.6 is 15.9 Å². The highest BCUT2D eigenvalue weighted by Gasteiger charge is 1.75. The van der Waals surface area contributed by atoms with Gasteiger partial charge in [-0.1, -0.05) is 34.7 Å². The van der Waals surface area contributed by atoms with Gasteiger partial charge in [-0.15, -0.1) is 0 Å². The van der Waals surface area contributed by atoms with Gasteiger partial charge < -0.3 is 0 Å². The Labute approximate surface area is 77.9 Å². The molecule has 0 aromatic heterocycles. The number of hydrogen-bond donors (Lipinski definition) is 0. The molecule has 0 rings (SSSR count). The lowest BCUT2D eigenvalue weighted by Gasteiger charge is -1.79. The van der Waals surface area contributed by atoms with Gasteiger partial charge in [0.1, 0.15) is 0 Å². The largest absolute Gasteiger partial charge is 0.0928 e. The van der Waals surface area contributed by atoms with Crippen molar-refractivity contribution < 1.29 is 0 Å². The average Bonchev–Trinajstić information content (AvgIpc) is 2.03. The Kier molecular flexibility index (Phi) is 9.25. The first-order chi connectivity index (χ1) is 5.41. The molecule has 0 saturated heterocycles. The summed E-state index contributed by atoms with van der Waals surface area (Å²) in [6, 6.07) is 0. The fraction of sp³-hybridized carbons (Fsp3) is 0.600. The molecule has 0 fully saturated rings. The third kappa shape index (κ3) is 9.60. The predicted molar refractivity (Wildman–Crippen MR) is 53.5 cm³/mol. The standard InChI is InChI=1S/C10H13Br/c1-2-3-4-5-6-7-8-9-10-11/h2-3,8-10H2,1H3. The van der Waals surface area contributed by atoms with E-state index in [1.165, 1.54) is 0 Å².